The number of hydrogen-bond acceptors (Lipinski definition) is 2. The first kappa shape index (κ1) is 10.5. The van der Waals surface area contributed by atoms with Gasteiger partial charge in [0, 0.05) is 0 Å². The summed E-state index contributed by atoms with van der Waals surface area (Å²) in [5.41, 5.74) is 0.719. The molecule has 2 atom stereocenters. The lowest BCUT2D eigenvalue weighted by atomic mass is 9.81. The standard InChI is InChI=1S/C14H15NO2/c16-13-11-8-4-5-9-12(11)14(17)15(13)10-6-2-1-3-7-10/h1-3,6-7,11-12H,4-5,8-9H2/t11-,12+. The number of carbonyl (C=O) groups is 2. The van der Waals surface area contributed by atoms with Gasteiger partial charge in [-0.25, -0.2) is 0 Å². The lowest BCUT2D eigenvalue weighted by Crippen LogP contribution is -2.30. The molecule has 0 aromatic heterocycles. The molecule has 17 heavy (non-hydrogen) atoms. The number of benzene rings is 1. The van der Waals surface area contributed by atoms with Crippen LogP contribution in [0.15, 0.2) is 30.3 Å². The zero-order chi connectivity index (χ0) is 11.8. The van der Waals surface area contributed by atoms with Gasteiger partial charge in [0.1, 0.15) is 0 Å². The summed E-state index contributed by atoms with van der Waals surface area (Å²) in [5, 5.41) is 0. The molecule has 1 heterocycles. The van der Waals surface area contributed by atoms with Gasteiger partial charge in [-0.1, -0.05) is 31.0 Å². The summed E-state index contributed by atoms with van der Waals surface area (Å²) in [5.74, 6) is -0.107. The van der Waals surface area contributed by atoms with Crippen LogP contribution in [0.25, 0.3) is 0 Å². The van der Waals surface area contributed by atoms with Crippen LogP contribution in [0.4, 0.5) is 5.69 Å². The van der Waals surface area contributed by atoms with E-state index in [9.17, 15) is 9.59 Å². The number of carbonyl (C=O) groups excluding carboxylic acids is 2. The van der Waals surface area contributed by atoms with E-state index in [4.69, 9.17) is 0 Å². The number of nitrogens with zero attached hydrogens (tertiary/aromatic N) is 1. The number of imide groups is 1. The molecule has 1 aliphatic heterocycles. The van der Waals surface area contributed by atoms with Crippen LogP contribution in [0.5, 0.6) is 0 Å². The minimum absolute atomic E-state index is 0.00546. The number of hydrogen-bond donors (Lipinski definition) is 0. The summed E-state index contributed by atoms with van der Waals surface area (Å²) in [4.78, 5) is 25.9. The van der Waals surface area contributed by atoms with Gasteiger partial charge >= 0.3 is 0 Å². The molecule has 1 saturated heterocycles. The normalized spacial score (nSPS) is 28.4. The fourth-order valence-corrected chi connectivity index (χ4v) is 2.99. The predicted octanol–water partition coefficient (Wildman–Crippen LogP) is 2.37. The van der Waals surface area contributed by atoms with Gasteiger partial charge in [-0.15, -0.1) is 0 Å². The SMILES string of the molecule is O=C1[C@H]2CCCC[C@H]2C(=O)N1c1ccccc1. The molecule has 3 heteroatoms. The summed E-state index contributed by atoms with van der Waals surface area (Å²) in [6, 6.07) is 9.26. The third kappa shape index (κ3) is 1.57. The van der Waals surface area contributed by atoms with Crippen molar-refractivity contribution in [1.82, 2.24) is 0 Å². The van der Waals surface area contributed by atoms with Crippen LogP contribution < -0.4 is 4.90 Å². The Hall–Kier alpha value is -1.64. The van der Waals surface area contributed by atoms with Crippen molar-refractivity contribution >= 4 is 17.5 Å². The number of para-hydroxylation sites is 1. The van der Waals surface area contributed by atoms with Crippen LogP contribution in [-0.2, 0) is 9.59 Å². The molecular weight excluding hydrogens is 214 g/mol. The molecule has 0 bridgehead atoms. The maximum absolute atomic E-state index is 12.3. The topological polar surface area (TPSA) is 37.4 Å². The van der Waals surface area contributed by atoms with Gasteiger partial charge < -0.3 is 0 Å². The largest absolute Gasteiger partial charge is 0.274 e. The van der Waals surface area contributed by atoms with Gasteiger partial charge in [0.2, 0.25) is 11.8 Å². The second-order valence-corrected chi connectivity index (χ2v) is 4.84. The smallest absolute Gasteiger partial charge is 0.237 e. The van der Waals surface area contributed by atoms with Gasteiger partial charge in [0.15, 0.2) is 0 Å². The van der Waals surface area contributed by atoms with E-state index in [0.29, 0.717) is 0 Å². The molecule has 0 unspecified atom stereocenters. The highest BCUT2D eigenvalue weighted by Gasteiger charge is 2.48. The maximum atomic E-state index is 12.3. The van der Waals surface area contributed by atoms with Crippen molar-refractivity contribution in [3.63, 3.8) is 0 Å². The van der Waals surface area contributed by atoms with Gasteiger partial charge in [0.25, 0.3) is 0 Å². The zero-order valence-electron chi connectivity index (χ0n) is 9.63. The highest BCUT2D eigenvalue weighted by molar-refractivity contribution is 6.22. The van der Waals surface area contributed by atoms with Crippen molar-refractivity contribution in [2.45, 2.75) is 25.7 Å². The van der Waals surface area contributed by atoms with Gasteiger partial charge in [-0.3, -0.25) is 14.5 Å². The Morgan fingerprint density at radius 1 is 0.882 bits per heavy atom. The molecule has 2 amide bonds. The van der Waals surface area contributed by atoms with E-state index in [0.717, 1.165) is 31.4 Å². The number of fused-ring (bicyclic) bond motifs is 1. The quantitative estimate of drug-likeness (QED) is 0.693. The Morgan fingerprint density at radius 3 is 1.94 bits per heavy atom. The summed E-state index contributed by atoms with van der Waals surface area (Å²) in [6.45, 7) is 0. The Morgan fingerprint density at radius 2 is 1.41 bits per heavy atom. The van der Waals surface area contributed by atoms with Crippen LogP contribution in [0.3, 0.4) is 0 Å². The molecule has 0 radical (unpaired) electrons. The first-order valence-corrected chi connectivity index (χ1v) is 6.22. The van der Waals surface area contributed by atoms with Crippen LogP contribution in [0, 0.1) is 11.8 Å². The van der Waals surface area contributed by atoms with Crippen molar-refractivity contribution in [3.05, 3.63) is 30.3 Å². The number of rotatable bonds is 1. The van der Waals surface area contributed by atoms with E-state index >= 15 is 0 Å². The molecule has 3 rings (SSSR count). The van der Waals surface area contributed by atoms with Gasteiger partial charge in [0.05, 0.1) is 17.5 Å². The Bertz CT molecular complexity index is 431. The van der Waals surface area contributed by atoms with Crippen molar-refractivity contribution in [2.75, 3.05) is 4.90 Å². The highest BCUT2D eigenvalue weighted by Crippen LogP contribution is 2.39. The third-order valence-electron chi connectivity index (χ3n) is 3.86. The molecule has 0 spiro atoms. The summed E-state index contributed by atoms with van der Waals surface area (Å²) in [7, 11) is 0. The molecule has 2 aliphatic rings. The number of amides is 2. The maximum Gasteiger partial charge on any atom is 0.237 e. The molecule has 0 N–H and O–H groups in total. The van der Waals surface area contributed by atoms with E-state index < -0.39 is 0 Å². The lowest BCUT2D eigenvalue weighted by molar-refractivity contribution is -0.122. The van der Waals surface area contributed by atoms with Gasteiger partial charge in [-0.2, -0.15) is 0 Å². The van der Waals surface area contributed by atoms with Crippen LogP contribution in [-0.4, -0.2) is 11.8 Å². The zero-order valence-corrected chi connectivity index (χ0v) is 9.63. The molecule has 1 aliphatic carbocycles. The summed E-state index contributed by atoms with van der Waals surface area (Å²) in [6.07, 6.45) is 3.89. The molecule has 2 fully saturated rings. The molecule has 1 saturated carbocycles. The average molecular weight is 229 g/mol. The minimum atomic E-state index is -0.0588. The Balaban J connectivity index is 1.96. The highest BCUT2D eigenvalue weighted by atomic mass is 16.2. The second kappa shape index (κ2) is 3.99. The predicted molar refractivity (Wildman–Crippen MR) is 64.4 cm³/mol. The van der Waals surface area contributed by atoms with Crippen molar-refractivity contribution < 1.29 is 9.59 Å². The van der Waals surface area contributed by atoms with Crippen LogP contribution >= 0.6 is 0 Å². The van der Waals surface area contributed by atoms with Crippen molar-refractivity contribution in [2.24, 2.45) is 11.8 Å². The van der Waals surface area contributed by atoms with Crippen LogP contribution in [0.1, 0.15) is 25.7 Å². The second-order valence-electron chi connectivity index (χ2n) is 4.84. The van der Waals surface area contributed by atoms with E-state index in [1.54, 1.807) is 0 Å². The van der Waals surface area contributed by atoms with E-state index in [-0.39, 0.29) is 23.7 Å². The fraction of sp³-hybridized carbons (Fsp3) is 0.429. The first-order chi connectivity index (χ1) is 8.29. The summed E-state index contributed by atoms with van der Waals surface area (Å²) >= 11 is 0. The third-order valence-corrected chi connectivity index (χ3v) is 3.86. The fourth-order valence-electron chi connectivity index (χ4n) is 2.99. The van der Waals surface area contributed by atoms with Gasteiger partial charge in [-0.05, 0) is 25.0 Å². The molecule has 88 valence electrons. The monoisotopic (exact) mass is 229 g/mol. The number of anilines is 1. The molecule has 1 aromatic carbocycles. The van der Waals surface area contributed by atoms with Crippen molar-refractivity contribution in [3.8, 4) is 0 Å². The lowest BCUT2D eigenvalue weighted by Gasteiger charge is -2.19. The van der Waals surface area contributed by atoms with E-state index in [1.807, 2.05) is 30.3 Å². The Kier molecular flexibility index (Phi) is 2.46. The van der Waals surface area contributed by atoms with Crippen molar-refractivity contribution in [1.29, 1.82) is 0 Å². The molecular formula is C14H15NO2. The molecule has 3 nitrogen and oxygen atoms in total. The first-order valence-electron chi connectivity index (χ1n) is 6.22. The summed E-state index contributed by atoms with van der Waals surface area (Å²) < 4.78 is 0. The molecule has 1 aromatic rings. The van der Waals surface area contributed by atoms with Crippen LogP contribution in [0.2, 0.25) is 0 Å². The van der Waals surface area contributed by atoms with E-state index in [1.165, 1.54) is 4.90 Å². The average Bonchev–Trinajstić information content (AvgIpc) is 2.64. The van der Waals surface area contributed by atoms with E-state index in [2.05, 4.69) is 0 Å². The Labute approximate surface area is 100 Å². The minimum Gasteiger partial charge on any atom is -0.274 e.